The number of aliphatic hydroxyl groups is 2. The summed E-state index contributed by atoms with van der Waals surface area (Å²) in [7, 11) is 0. The fraction of sp³-hybridized carbons (Fsp3) is 0.571. The van der Waals surface area contributed by atoms with E-state index in [1.807, 2.05) is 6.92 Å². The van der Waals surface area contributed by atoms with E-state index in [9.17, 15) is 10.2 Å². The van der Waals surface area contributed by atoms with Crippen LogP contribution in [0.3, 0.4) is 0 Å². The van der Waals surface area contributed by atoms with Crippen LogP contribution in [0.25, 0.3) is 0 Å². The molecule has 2 heteroatoms. The van der Waals surface area contributed by atoms with Crippen molar-refractivity contribution >= 4 is 0 Å². The van der Waals surface area contributed by atoms with Crippen molar-refractivity contribution in [1.29, 1.82) is 0 Å². The molecule has 1 fully saturated rings. The second-order valence-electron chi connectivity index (χ2n) is 4.97. The van der Waals surface area contributed by atoms with Crippen LogP contribution >= 0.6 is 0 Å². The molecule has 2 nitrogen and oxygen atoms in total. The zero-order chi connectivity index (χ0) is 11.8. The minimum absolute atomic E-state index is 0.0386. The molecular formula is C14H20O2. The summed E-state index contributed by atoms with van der Waals surface area (Å²) < 4.78 is 0. The lowest BCUT2D eigenvalue weighted by Crippen LogP contribution is -2.19. The molecule has 16 heavy (non-hydrogen) atoms. The van der Waals surface area contributed by atoms with Crippen LogP contribution in [0.5, 0.6) is 0 Å². The standard InChI is InChI=1S/C14H20O2/c1-10(8-15)12-5-6-13-11(9-16)4-3-7-14(12,13)2/h3,7,15-16H,4-6,8-9H2,1-2H3/b12-10-. The molecule has 2 N–H and O–H groups in total. The smallest absolute Gasteiger partial charge is 0.0647 e. The number of allylic oxidation sites excluding steroid dienone is 4. The first-order chi connectivity index (χ1) is 7.63. The molecule has 2 aliphatic carbocycles. The van der Waals surface area contributed by atoms with Gasteiger partial charge in [0.1, 0.15) is 0 Å². The van der Waals surface area contributed by atoms with Crippen LogP contribution in [0.2, 0.25) is 0 Å². The Bertz CT molecular complexity index is 380. The first-order valence-electron chi connectivity index (χ1n) is 5.93. The number of hydrogen-bond donors (Lipinski definition) is 2. The molecule has 0 aromatic rings. The van der Waals surface area contributed by atoms with E-state index in [1.54, 1.807) is 0 Å². The Hall–Kier alpha value is -0.860. The summed E-state index contributed by atoms with van der Waals surface area (Å²) in [5, 5.41) is 18.7. The average molecular weight is 220 g/mol. The molecule has 0 amide bonds. The summed E-state index contributed by atoms with van der Waals surface area (Å²) in [5.74, 6) is 0. The van der Waals surface area contributed by atoms with Gasteiger partial charge >= 0.3 is 0 Å². The summed E-state index contributed by atoms with van der Waals surface area (Å²) >= 11 is 0. The highest BCUT2D eigenvalue weighted by molar-refractivity contribution is 5.47. The van der Waals surface area contributed by atoms with Gasteiger partial charge in [-0.25, -0.2) is 0 Å². The van der Waals surface area contributed by atoms with Crippen LogP contribution in [-0.4, -0.2) is 23.4 Å². The first-order valence-corrected chi connectivity index (χ1v) is 5.93. The molecule has 0 aromatic heterocycles. The van der Waals surface area contributed by atoms with Crippen LogP contribution in [0.1, 0.15) is 33.1 Å². The van der Waals surface area contributed by atoms with E-state index in [0.717, 1.165) is 24.8 Å². The second-order valence-corrected chi connectivity index (χ2v) is 4.97. The molecule has 0 saturated heterocycles. The summed E-state index contributed by atoms with van der Waals surface area (Å²) in [6.07, 6.45) is 7.32. The van der Waals surface area contributed by atoms with E-state index < -0.39 is 0 Å². The van der Waals surface area contributed by atoms with Gasteiger partial charge in [-0.1, -0.05) is 23.3 Å². The Labute approximate surface area is 97.0 Å². The first kappa shape index (κ1) is 11.6. The highest BCUT2D eigenvalue weighted by Crippen LogP contribution is 2.52. The SMILES string of the molecule is C/C(CO)=C1\CCC2=C(CO)CC=CC21C. The maximum atomic E-state index is 9.38. The van der Waals surface area contributed by atoms with Gasteiger partial charge in [0.15, 0.2) is 0 Å². The molecule has 1 atom stereocenters. The van der Waals surface area contributed by atoms with E-state index in [2.05, 4.69) is 19.1 Å². The predicted octanol–water partition coefficient (Wildman–Crippen LogP) is 2.34. The lowest BCUT2D eigenvalue weighted by atomic mass is 9.74. The van der Waals surface area contributed by atoms with Gasteiger partial charge in [-0.2, -0.15) is 0 Å². The third kappa shape index (κ3) is 1.57. The van der Waals surface area contributed by atoms with Crippen LogP contribution < -0.4 is 0 Å². The number of hydrogen-bond acceptors (Lipinski definition) is 2. The van der Waals surface area contributed by atoms with E-state index >= 15 is 0 Å². The second kappa shape index (κ2) is 4.19. The molecule has 0 aromatic carbocycles. The van der Waals surface area contributed by atoms with Crippen molar-refractivity contribution in [3.05, 3.63) is 34.4 Å². The van der Waals surface area contributed by atoms with Crippen molar-refractivity contribution < 1.29 is 10.2 Å². The third-order valence-electron chi connectivity index (χ3n) is 4.06. The predicted molar refractivity (Wildman–Crippen MR) is 65.0 cm³/mol. The number of aliphatic hydroxyl groups excluding tert-OH is 2. The Balaban J connectivity index is 2.50. The van der Waals surface area contributed by atoms with Crippen LogP contribution in [0.15, 0.2) is 34.4 Å². The Morgan fingerprint density at radius 3 is 2.75 bits per heavy atom. The van der Waals surface area contributed by atoms with Crippen molar-refractivity contribution in [1.82, 2.24) is 0 Å². The van der Waals surface area contributed by atoms with Gasteiger partial charge in [-0.05, 0) is 44.3 Å². The molecule has 2 aliphatic rings. The number of fused-ring (bicyclic) bond motifs is 1. The lowest BCUT2D eigenvalue weighted by molar-refractivity contribution is 0.322. The maximum Gasteiger partial charge on any atom is 0.0647 e. The van der Waals surface area contributed by atoms with Crippen molar-refractivity contribution in [3.8, 4) is 0 Å². The van der Waals surface area contributed by atoms with Crippen LogP contribution in [0.4, 0.5) is 0 Å². The van der Waals surface area contributed by atoms with Gasteiger partial charge in [0.25, 0.3) is 0 Å². The zero-order valence-corrected chi connectivity index (χ0v) is 10.1. The van der Waals surface area contributed by atoms with Crippen LogP contribution in [-0.2, 0) is 0 Å². The highest BCUT2D eigenvalue weighted by Gasteiger charge is 2.39. The summed E-state index contributed by atoms with van der Waals surface area (Å²) in [5.41, 5.74) is 4.93. The molecule has 88 valence electrons. The van der Waals surface area contributed by atoms with Gasteiger partial charge in [0, 0.05) is 5.41 Å². The van der Waals surface area contributed by atoms with Crippen LogP contribution in [0, 0.1) is 5.41 Å². The molecule has 0 aliphatic heterocycles. The molecule has 0 heterocycles. The normalized spacial score (nSPS) is 32.0. The Morgan fingerprint density at radius 1 is 1.38 bits per heavy atom. The largest absolute Gasteiger partial charge is 0.392 e. The van der Waals surface area contributed by atoms with E-state index in [1.165, 1.54) is 16.7 Å². The molecular weight excluding hydrogens is 200 g/mol. The molecule has 0 radical (unpaired) electrons. The topological polar surface area (TPSA) is 40.5 Å². The average Bonchev–Trinajstić information content (AvgIpc) is 2.64. The molecule has 2 rings (SSSR count). The van der Waals surface area contributed by atoms with E-state index in [4.69, 9.17) is 0 Å². The zero-order valence-electron chi connectivity index (χ0n) is 10.1. The fourth-order valence-electron chi connectivity index (χ4n) is 3.17. The highest BCUT2D eigenvalue weighted by atomic mass is 16.3. The van der Waals surface area contributed by atoms with Crippen molar-refractivity contribution in [2.75, 3.05) is 13.2 Å². The quantitative estimate of drug-likeness (QED) is 0.701. The molecule has 1 unspecified atom stereocenters. The monoisotopic (exact) mass is 220 g/mol. The third-order valence-corrected chi connectivity index (χ3v) is 4.06. The summed E-state index contributed by atoms with van der Waals surface area (Å²) in [6.45, 7) is 4.51. The summed E-state index contributed by atoms with van der Waals surface area (Å²) in [4.78, 5) is 0. The van der Waals surface area contributed by atoms with E-state index in [-0.39, 0.29) is 18.6 Å². The van der Waals surface area contributed by atoms with Crippen molar-refractivity contribution in [3.63, 3.8) is 0 Å². The molecule has 0 spiro atoms. The molecule has 1 saturated carbocycles. The Kier molecular flexibility index (Phi) is 3.04. The van der Waals surface area contributed by atoms with Gasteiger partial charge in [0.05, 0.1) is 13.2 Å². The minimum atomic E-state index is -0.0386. The van der Waals surface area contributed by atoms with Crippen molar-refractivity contribution in [2.24, 2.45) is 5.41 Å². The van der Waals surface area contributed by atoms with Gasteiger partial charge < -0.3 is 10.2 Å². The van der Waals surface area contributed by atoms with Gasteiger partial charge in [-0.3, -0.25) is 0 Å². The lowest BCUT2D eigenvalue weighted by Gasteiger charge is -2.31. The molecule has 0 bridgehead atoms. The summed E-state index contributed by atoms with van der Waals surface area (Å²) in [6, 6.07) is 0. The van der Waals surface area contributed by atoms with E-state index in [0.29, 0.717) is 0 Å². The maximum absolute atomic E-state index is 9.38. The minimum Gasteiger partial charge on any atom is -0.392 e. The fourth-order valence-corrected chi connectivity index (χ4v) is 3.17. The number of rotatable bonds is 2. The van der Waals surface area contributed by atoms with Crippen molar-refractivity contribution in [2.45, 2.75) is 33.1 Å². The van der Waals surface area contributed by atoms with Gasteiger partial charge in [0.2, 0.25) is 0 Å². The Morgan fingerprint density at radius 2 is 2.12 bits per heavy atom. The van der Waals surface area contributed by atoms with Gasteiger partial charge in [-0.15, -0.1) is 0 Å².